The van der Waals surface area contributed by atoms with E-state index in [9.17, 15) is 0 Å². The summed E-state index contributed by atoms with van der Waals surface area (Å²) in [5.74, 6) is 2.97. The van der Waals surface area contributed by atoms with Gasteiger partial charge in [0.25, 0.3) is 0 Å². The van der Waals surface area contributed by atoms with Gasteiger partial charge in [-0.25, -0.2) is 0 Å². The van der Waals surface area contributed by atoms with Gasteiger partial charge in [0.15, 0.2) is 5.96 Å². The van der Waals surface area contributed by atoms with Gasteiger partial charge in [-0.15, -0.1) is 24.0 Å². The molecule has 0 atom stereocenters. The minimum Gasteiger partial charge on any atom is -0.357 e. The summed E-state index contributed by atoms with van der Waals surface area (Å²) in [6.45, 7) is 7.48. The van der Waals surface area contributed by atoms with Crippen LogP contribution in [0.1, 0.15) is 26.2 Å². The summed E-state index contributed by atoms with van der Waals surface area (Å²) in [5.41, 5.74) is 0. The first-order valence-corrected chi connectivity index (χ1v) is 8.85. The Balaban J connectivity index is 0.00000361. The summed E-state index contributed by atoms with van der Waals surface area (Å²) < 4.78 is 0. The van der Waals surface area contributed by atoms with Crippen LogP contribution in [0.2, 0.25) is 0 Å². The number of guanidine groups is 1. The van der Waals surface area contributed by atoms with E-state index in [-0.39, 0.29) is 24.0 Å². The summed E-state index contributed by atoms with van der Waals surface area (Å²) in [4.78, 5) is 7.09. The van der Waals surface area contributed by atoms with Crippen LogP contribution in [0.3, 0.4) is 0 Å². The van der Waals surface area contributed by atoms with E-state index in [1.807, 2.05) is 11.8 Å². The van der Waals surface area contributed by atoms with Gasteiger partial charge in [0, 0.05) is 25.4 Å². The van der Waals surface area contributed by atoms with Crippen LogP contribution in [0.4, 0.5) is 0 Å². The maximum absolute atomic E-state index is 4.67. The molecule has 0 aromatic heterocycles. The number of hydrogen-bond donors (Lipinski definition) is 2. The molecule has 4 nitrogen and oxygen atoms in total. The first-order valence-electron chi connectivity index (χ1n) is 7.46. The number of likely N-dealkylation sites (tertiary alicyclic amines) is 1. The van der Waals surface area contributed by atoms with Crippen molar-refractivity contribution >= 4 is 41.7 Å². The van der Waals surface area contributed by atoms with Crippen LogP contribution in [0, 0.1) is 5.92 Å². The first-order chi connectivity index (χ1) is 9.26. The summed E-state index contributed by atoms with van der Waals surface area (Å²) in [6.07, 6.45) is 6.03. The number of hydrogen-bond acceptors (Lipinski definition) is 3. The van der Waals surface area contributed by atoms with Gasteiger partial charge in [-0.3, -0.25) is 4.99 Å². The van der Waals surface area contributed by atoms with Crippen molar-refractivity contribution < 1.29 is 0 Å². The van der Waals surface area contributed by atoms with E-state index in [0.29, 0.717) is 0 Å². The predicted molar refractivity (Wildman–Crippen MR) is 103 cm³/mol. The topological polar surface area (TPSA) is 39.7 Å². The highest BCUT2D eigenvalue weighted by Crippen LogP contribution is 2.19. The molecule has 0 saturated carbocycles. The third kappa shape index (κ3) is 9.28. The zero-order valence-electron chi connectivity index (χ0n) is 13.2. The molecule has 1 aliphatic heterocycles. The number of halogens is 1. The molecule has 1 fully saturated rings. The molecular weight excluding hydrogens is 383 g/mol. The second-order valence-electron chi connectivity index (χ2n) is 5.22. The lowest BCUT2D eigenvalue weighted by molar-refractivity contribution is 0.214. The van der Waals surface area contributed by atoms with Crippen molar-refractivity contribution in [1.29, 1.82) is 0 Å². The molecule has 0 aliphatic carbocycles. The Hall–Kier alpha value is 0.310. The number of nitrogens with one attached hydrogen (secondary N) is 2. The largest absolute Gasteiger partial charge is 0.357 e. The minimum atomic E-state index is 0. The SMILES string of the molecule is CCNC(=NCCC1CCN(C)CC1)NCCSC.I. The Morgan fingerprint density at radius 1 is 1.30 bits per heavy atom. The van der Waals surface area contributed by atoms with Crippen LogP contribution >= 0.6 is 35.7 Å². The average molecular weight is 414 g/mol. The molecule has 0 radical (unpaired) electrons. The van der Waals surface area contributed by atoms with Crippen LogP contribution in [0.15, 0.2) is 4.99 Å². The number of aliphatic imine (C=N–C) groups is 1. The van der Waals surface area contributed by atoms with Crippen molar-refractivity contribution in [3.05, 3.63) is 0 Å². The van der Waals surface area contributed by atoms with Crippen molar-refractivity contribution in [2.75, 3.05) is 51.8 Å². The molecule has 0 aromatic rings. The molecule has 0 spiro atoms. The summed E-state index contributed by atoms with van der Waals surface area (Å²) in [5, 5.41) is 6.68. The molecule has 1 aliphatic rings. The lowest BCUT2D eigenvalue weighted by Crippen LogP contribution is -2.38. The van der Waals surface area contributed by atoms with Crippen LogP contribution in [0.5, 0.6) is 0 Å². The zero-order chi connectivity index (χ0) is 13.9. The summed E-state index contributed by atoms with van der Waals surface area (Å²) in [7, 11) is 2.22. The monoisotopic (exact) mass is 414 g/mol. The van der Waals surface area contributed by atoms with Crippen molar-refractivity contribution in [3.63, 3.8) is 0 Å². The van der Waals surface area contributed by atoms with Crippen molar-refractivity contribution in [3.8, 4) is 0 Å². The van der Waals surface area contributed by atoms with Gasteiger partial charge in [-0.05, 0) is 58.5 Å². The maximum atomic E-state index is 4.67. The maximum Gasteiger partial charge on any atom is 0.191 e. The second kappa shape index (κ2) is 13.0. The second-order valence-corrected chi connectivity index (χ2v) is 6.20. The average Bonchev–Trinajstić information content (AvgIpc) is 2.41. The lowest BCUT2D eigenvalue weighted by atomic mass is 9.94. The molecule has 0 bridgehead atoms. The van der Waals surface area contributed by atoms with Gasteiger partial charge in [-0.1, -0.05) is 0 Å². The zero-order valence-corrected chi connectivity index (χ0v) is 16.3. The molecule has 0 aromatic carbocycles. The van der Waals surface area contributed by atoms with Crippen LogP contribution in [-0.4, -0.2) is 62.6 Å². The number of piperidine rings is 1. The Labute approximate surface area is 145 Å². The number of rotatable bonds is 7. The van der Waals surface area contributed by atoms with E-state index in [1.165, 1.54) is 32.4 Å². The molecule has 0 unspecified atom stereocenters. The highest BCUT2D eigenvalue weighted by atomic mass is 127. The van der Waals surface area contributed by atoms with Crippen LogP contribution in [-0.2, 0) is 0 Å². The molecular formula is C14H31IN4S. The highest BCUT2D eigenvalue weighted by Gasteiger charge is 2.15. The normalized spacial score (nSPS) is 17.6. The van der Waals surface area contributed by atoms with Crippen molar-refractivity contribution in [1.82, 2.24) is 15.5 Å². The number of thioether (sulfide) groups is 1. The van der Waals surface area contributed by atoms with Crippen LogP contribution < -0.4 is 10.6 Å². The third-order valence-electron chi connectivity index (χ3n) is 3.59. The summed E-state index contributed by atoms with van der Waals surface area (Å²) in [6, 6.07) is 0. The number of nitrogens with zero attached hydrogens (tertiary/aromatic N) is 2. The molecule has 1 rings (SSSR count). The van der Waals surface area contributed by atoms with Gasteiger partial charge in [0.2, 0.25) is 0 Å². The fourth-order valence-corrected chi connectivity index (χ4v) is 2.63. The third-order valence-corrected chi connectivity index (χ3v) is 4.20. The Kier molecular flexibility index (Phi) is 13.2. The standard InChI is InChI=1S/C14H30N4S.HI/c1-4-15-14(17-9-12-19-3)16-8-5-13-6-10-18(2)11-7-13;/h13H,4-12H2,1-3H3,(H2,15,16,17);1H. The fourth-order valence-electron chi connectivity index (χ4n) is 2.32. The molecule has 1 saturated heterocycles. The van der Waals surface area contributed by atoms with E-state index in [2.05, 4.69) is 40.8 Å². The quantitative estimate of drug-likeness (QED) is 0.290. The fraction of sp³-hybridized carbons (Fsp3) is 0.929. The lowest BCUT2D eigenvalue weighted by Gasteiger charge is -2.28. The molecule has 0 amide bonds. The minimum absolute atomic E-state index is 0. The van der Waals surface area contributed by atoms with E-state index in [1.54, 1.807) is 0 Å². The summed E-state index contributed by atoms with van der Waals surface area (Å²) >= 11 is 1.86. The molecule has 1 heterocycles. The van der Waals surface area contributed by atoms with E-state index in [4.69, 9.17) is 0 Å². The predicted octanol–water partition coefficient (Wildman–Crippen LogP) is 2.25. The van der Waals surface area contributed by atoms with E-state index < -0.39 is 0 Å². The Bertz CT molecular complexity index is 256. The van der Waals surface area contributed by atoms with Gasteiger partial charge >= 0.3 is 0 Å². The van der Waals surface area contributed by atoms with Gasteiger partial charge in [-0.2, -0.15) is 11.8 Å². The van der Waals surface area contributed by atoms with Crippen LogP contribution in [0.25, 0.3) is 0 Å². The first kappa shape index (κ1) is 20.3. The Morgan fingerprint density at radius 3 is 2.60 bits per heavy atom. The van der Waals surface area contributed by atoms with Crippen molar-refractivity contribution in [2.24, 2.45) is 10.9 Å². The highest BCUT2D eigenvalue weighted by molar-refractivity contribution is 14.0. The molecule has 6 heteroatoms. The van der Waals surface area contributed by atoms with E-state index >= 15 is 0 Å². The smallest absolute Gasteiger partial charge is 0.191 e. The molecule has 20 heavy (non-hydrogen) atoms. The van der Waals surface area contributed by atoms with Gasteiger partial charge < -0.3 is 15.5 Å². The Morgan fingerprint density at radius 2 is 2.00 bits per heavy atom. The van der Waals surface area contributed by atoms with Gasteiger partial charge in [0.05, 0.1) is 0 Å². The van der Waals surface area contributed by atoms with Gasteiger partial charge in [0.1, 0.15) is 0 Å². The van der Waals surface area contributed by atoms with Crippen molar-refractivity contribution in [2.45, 2.75) is 26.2 Å². The molecule has 120 valence electrons. The van der Waals surface area contributed by atoms with E-state index in [0.717, 1.165) is 37.3 Å². The molecule has 2 N–H and O–H groups in total.